The maximum Gasteiger partial charge on any atom is 0.0666 e. The van der Waals surface area contributed by atoms with Crippen LogP contribution in [0.1, 0.15) is 13.3 Å². The van der Waals surface area contributed by atoms with Crippen LogP contribution in [0.15, 0.2) is 0 Å². The topological polar surface area (TPSA) is 47.3 Å². The van der Waals surface area contributed by atoms with Crippen LogP contribution in [0, 0.1) is 17.2 Å². The molecule has 0 aliphatic rings. The third-order valence-corrected chi connectivity index (χ3v) is 1.50. The number of rotatable bonds is 5. The Morgan fingerprint density at radius 3 is 2.73 bits per heavy atom. The molecule has 0 bridgehead atoms. The van der Waals surface area contributed by atoms with Crippen molar-refractivity contribution in [3.05, 3.63) is 0 Å². The lowest BCUT2D eigenvalue weighted by Gasteiger charge is -2.16. The van der Waals surface area contributed by atoms with Crippen LogP contribution in [-0.2, 0) is 0 Å². The molecule has 0 aliphatic carbocycles. The second kappa shape index (κ2) is 6.14. The summed E-state index contributed by atoms with van der Waals surface area (Å²) in [5, 5.41) is 17.0. The number of aliphatic hydroxyl groups is 1. The van der Waals surface area contributed by atoms with E-state index in [0.717, 1.165) is 19.5 Å². The van der Waals surface area contributed by atoms with Crippen molar-refractivity contribution < 1.29 is 5.11 Å². The Kier molecular flexibility index (Phi) is 5.81. The number of nitrogens with zero attached hydrogens (tertiary/aromatic N) is 2. The summed E-state index contributed by atoms with van der Waals surface area (Å²) < 4.78 is 0. The van der Waals surface area contributed by atoms with E-state index in [2.05, 4.69) is 11.0 Å². The maximum atomic E-state index is 8.51. The molecule has 0 amide bonds. The number of aliphatic hydroxyl groups excluding tert-OH is 1. The van der Waals surface area contributed by atoms with E-state index < -0.39 is 0 Å². The average molecular weight is 156 g/mol. The molecule has 1 unspecified atom stereocenters. The van der Waals surface area contributed by atoms with E-state index >= 15 is 0 Å². The Balaban J connectivity index is 3.37. The van der Waals surface area contributed by atoms with Crippen LogP contribution >= 0.6 is 0 Å². The summed E-state index contributed by atoms with van der Waals surface area (Å²) in [6, 6.07) is 2.17. The molecule has 0 rings (SSSR count). The van der Waals surface area contributed by atoms with Gasteiger partial charge in [-0.15, -0.1) is 0 Å². The van der Waals surface area contributed by atoms with Crippen LogP contribution in [0.4, 0.5) is 0 Å². The van der Waals surface area contributed by atoms with Gasteiger partial charge in [-0.25, -0.2) is 0 Å². The number of hydrogen-bond acceptors (Lipinski definition) is 3. The van der Waals surface area contributed by atoms with Crippen molar-refractivity contribution in [3.8, 4) is 6.07 Å². The molecule has 0 saturated carbocycles. The van der Waals surface area contributed by atoms with E-state index in [-0.39, 0.29) is 12.5 Å². The fourth-order valence-electron chi connectivity index (χ4n) is 0.940. The second-order valence-corrected chi connectivity index (χ2v) is 2.87. The molecule has 0 radical (unpaired) electrons. The van der Waals surface area contributed by atoms with Crippen molar-refractivity contribution in [2.45, 2.75) is 13.3 Å². The zero-order chi connectivity index (χ0) is 8.69. The molecule has 0 heterocycles. The normalized spacial score (nSPS) is 13.0. The standard InChI is InChI=1S/C8H16N2O/c1-8(6-9)7-10(2)4-3-5-11/h8,11H,3-5,7H2,1-2H3. The van der Waals surface area contributed by atoms with Crippen LogP contribution < -0.4 is 0 Å². The molecule has 0 spiro atoms. The molecule has 0 aliphatic heterocycles. The first kappa shape index (κ1) is 10.4. The molecule has 3 heteroatoms. The van der Waals surface area contributed by atoms with Crippen molar-refractivity contribution in [1.82, 2.24) is 4.90 Å². The highest BCUT2D eigenvalue weighted by Crippen LogP contribution is 1.95. The molecule has 0 fully saturated rings. The first-order chi connectivity index (χ1) is 5.20. The molecular weight excluding hydrogens is 140 g/mol. The van der Waals surface area contributed by atoms with Gasteiger partial charge in [0.1, 0.15) is 0 Å². The van der Waals surface area contributed by atoms with Crippen molar-refractivity contribution >= 4 is 0 Å². The van der Waals surface area contributed by atoms with E-state index in [1.807, 2.05) is 14.0 Å². The molecular formula is C8H16N2O. The summed E-state index contributed by atoms with van der Waals surface area (Å²) in [5.74, 6) is 0.0821. The van der Waals surface area contributed by atoms with Crippen molar-refractivity contribution in [1.29, 1.82) is 5.26 Å². The summed E-state index contributed by atoms with van der Waals surface area (Å²) >= 11 is 0. The van der Waals surface area contributed by atoms with E-state index in [1.165, 1.54) is 0 Å². The maximum absolute atomic E-state index is 8.51. The Bertz CT molecular complexity index is 131. The quantitative estimate of drug-likeness (QED) is 0.629. The molecule has 3 nitrogen and oxygen atoms in total. The first-order valence-electron chi connectivity index (χ1n) is 3.89. The fraction of sp³-hybridized carbons (Fsp3) is 0.875. The smallest absolute Gasteiger partial charge is 0.0666 e. The molecule has 1 atom stereocenters. The highest BCUT2D eigenvalue weighted by Gasteiger charge is 2.03. The molecule has 0 aromatic rings. The SMILES string of the molecule is CC(C#N)CN(C)CCCO. The predicted octanol–water partition coefficient (Wildman–Crippen LogP) is 0.460. The first-order valence-corrected chi connectivity index (χ1v) is 3.89. The van der Waals surface area contributed by atoms with Gasteiger partial charge in [0, 0.05) is 19.7 Å². The van der Waals surface area contributed by atoms with Crippen LogP contribution in [-0.4, -0.2) is 36.8 Å². The Morgan fingerprint density at radius 1 is 1.64 bits per heavy atom. The summed E-state index contributed by atoms with van der Waals surface area (Å²) in [6.07, 6.45) is 0.786. The minimum absolute atomic E-state index is 0.0821. The van der Waals surface area contributed by atoms with Gasteiger partial charge < -0.3 is 10.0 Å². The Hall–Kier alpha value is -0.590. The van der Waals surface area contributed by atoms with E-state index in [1.54, 1.807) is 0 Å². The summed E-state index contributed by atoms with van der Waals surface area (Å²) in [6.45, 7) is 3.78. The van der Waals surface area contributed by atoms with Gasteiger partial charge in [-0.05, 0) is 20.4 Å². The van der Waals surface area contributed by atoms with Gasteiger partial charge in [0.25, 0.3) is 0 Å². The zero-order valence-corrected chi connectivity index (χ0v) is 7.25. The van der Waals surface area contributed by atoms with Gasteiger partial charge in [0.05, 0.1) is 12.0 Å². The van der Waals surface area contributed by atoms with Gasteiger partial charge in [-0.1, -0.05) is 0 Å². The fourth-order valence-corrected chi connectivity index (χ4v) is 0.940. The zero-order valence-electron chi connectivity index (χ0n) is 7.25. The van der Waals surface area contributed by atoms with Crippen molar-refractivity contribution in [2.75, 3.05) is 26.7 Å². The second-order valence-electron chi connectivity index (χ2n) is 2.87. The molecule has 1 N–H and O–H groups in total. The lowest BCUT2D eigenvalue weighted by atomic mass is 10.2. The van der Waals surface area contributed by atoms with Crippen LogP contribution in [0.3, 0.4) is 0 Å². The third kappa shape index (κ3) is 5.84. The van der Waals surface area contributed by atoms with Gasteiger partial charge in [-0.3, -0.25) is 0 Å². The van der Waals surface area contributed by atoms with Crippen LogP contribution in [0.2, 0.25) is 0 Å². The van der Waals surface area contributed by atoms with Gasteiger partial charge >= 0.3 is 0 Å². The number of nitriles is 1. The highest BCUT2D eigenvalue weighted by molar-refractivity contribution is 4.80. The summed E-state index contributed by atoms with van der Waals surface area (Å²) in [7, 11) is 1.96. The van der Waals surface area contributed by atoms with Crippen LogP contribution in [0.5, 0.6) is 0 Å². The molecule has 0 aromatic carbocycles. The minimum atomic E-state index is 0.0821. The van der Waals surface area contributed by atoms with Gasteiger partial charge in [-0.2, -0.15) is 5.26 Å². The third-order valence-electron chi connectivity index (χ3n) is 1.50. The molecule has 11 heavy (non-hydrogen) atoms. The largest absolute Gasteiger partial charge is 0.396 e. The van der Waals surface area contributed by atoms with Crippen LogP contribution in [0.25, 0.3) is 0 Å². The highest BCUT2D eigenvalue weighted by atomic mass is 16.3. The average Bonchev–Trinajstić information content (AvgIpc) is 2.00. The number of hydrogen-bond donors (Lipinski definition) is 1. The van der Waals surface area contributed by atoms with Crippen molar-refractivity contribution in [3.63, 3.8) is 0 Å². The Labute approximate surface area is 68.2 Å². The monoisotopic (exact) mass is 156 g/mol. The van der Waals surface area contributed by atoms with Gasteiger partial charge in [0.15, 0.2) is 0 Å². The summed E-state index contributed by atoms with van der Waals surface area (Å²) in [4.78, 5) is 2.06. The predicted molar refractivity (Wildman–Crippen MR) is 44.0 cm³/mol. The lowest BCUT2D eigenvalue weighted by molar-refractivity contribution is 0.240. The molecule has 0 saturated heterocycles. The van der Waals surface area contributed by atoms with E-state index in [0.29, 0.717) is 0 Å². The Morgan fingerprint density at radius 2 is 2.27 bits per heavy atom. The van der Waals surface area contributed by atoms with E-state index in [9.17, 15) is 0 Å². The summed E-state index contributed by atoms with van der Waals surface area (Å²) in [5.41, 5.74) is 0. The van der Waals surface area contributed by atoms with E-state index in [4.69, 9.17) is 10.4 Å². The minimum Gasteiger partial charge on any atom is -0.396 e. The van der Waals surface area contributed by atoms with Gasteiger partial charge in [0.2, 0.25) is 0 Å². The lowest BCUT2D eigenvalue weighted by Crippen LogP contribution is -2.25. The molecule has 0 aromatic heterocycles. The van der Waals surface area contributed by atoms with Crippen molar-refractivity contribution in [2.24, 2.45) is 5.92 Å². The molecule has 64 valence electrons.